The average Bonchev–Trinajstić information content (AvgIpc) is 2.64. The van der Waals surface area contributed by atoms with Crippen molar-refractivity contribution in [3.05, 3.63) is 47.5 Å². The number of ether oxygens (including phenoxy) is 2. The summed E-state index contributed by atoms with van der Waals surface area (Å²) in [6, 6.07) is 10.2. The van der Waals surface area contributed by atoms with Crippen molar-refractivity contribution in [3.63, 3.8) is 0 Å². The maximum atomic E-state index is 12.1. The van der Waals surface area contributed by atoms with E-state index in [1.54, 1.807) is 36.4 Å². The monoisotopic (exact) mass is 430 g/mol. The molecule has 28 heavy (non-hydrogen) atoms. The van der Waals surface area contributed by atoms with Crippen LogP contribution >= 0.6 is 0 Å². The fraction of sp³-hybridized carbons (Fsp3) is 0.300. The molecule has 0 aliphatic carbocycles. The molecule has 0 unspecified atom stereocenters. The summed E-state index contributed by atoms with van der Waals surface area (Å²) < 4.78 is 10.5. The normalized spacial score (nSPS) is 10.5. The van der Waals surface area contributed by atoms with E-state index in [9.17, 15) is 10.2 Å². The zero-order chi connectivity index (χ0) is 18.8. The molecule has 0 heterocycles. The first-order valence-corrected chi connectivity index (χ1v) is 8.52. The number of nitrogens with zero attached hydrogens (tertiary/aromatic N) is 2. The van der Waals surface area contributed by atoms with Gasteiger partial charge in [-0.1, -0.05) is 35.8 Å². The molecule has 7 nitrogen and oxygen atoms in total. The second-order valence-corrected chi connectivity index (χ2v) is 5.29. The summed E-state index contributed by atoms with van der Waals surface area (Å²) in [7, 11) is 0. The Bertz CT molecular complexity index is 716. The van der Waals surface area contributed by atoms with Gasteiger partial charge in [-0.3, -0.25) is 9.98 Å². The third kappa shape index (κ3) is 7.21. The fourth-order valence-corrected chi connectivity index (χ4v) is 2.25. The van der Waals surface area contributed by atoms with E-state index in [0.717, 1.165) is 0 Å². The molecule has 0 radical (unpaired) electrons. The molecule has 154 valence electrons. The van der Waals surface area contributed by atoms with Crippen LogP contribution in [-0.2, 0) is 16.5 Å². The number of para-hydroxylation sites is 2. The van der Waals surface area contributed by atoms with Crippen molar-refractivity contribution in [2.75, 3.05) is 26.3 Å². The molecule has 2 aromatic rings. The van der Waals surface area contributed by atoms with Crippen molar-refractivity contribution in [1.82, 2.24) is 0 Å². The quantitative estimate of drug-likeness (QED) is 0.338. The predicted molar refractivity (Wildman–Crippen MR) is 103 cm³/mol. The number of rotatable bonds is 9. The molecule has 0 fully saturated rings. The second-order valence-electron chi connectivity index (χ2n) is 5.29. The Balaban J connectivity index is 0.00000364. The predicted octanol–water partition coefficient (Wildman–Crippen LogP) is 1.34. The first-order chi connectivity index (χ1) is 12.7. The Labute approximate surface area is 175 Å². The van der Waals surface area contributed by atoms with Crippen LogP contribution in [0.1, 0.15) is 25.0 Å². The van der Waals surface area contributed by atoms with Gasteiger partial charge >= 0.3 is 16.5 Å². The van der Waals surface area contributed by atoms with E-state index in [-0.39, 0.29) is 33.5 Å². The van der Waals surface area contributed by atoms with Crippen LogP contribution in [0.2, 0.25) is 0 Å². The molecule has 0 aliphatic rings. The summed E-state index contributed by atoms with van der Waals surface area (Å²) >= 11 is 0. The van der Waals surface area contributed by atoms with Crippen LogP contribution in [0.4, 0.5) is 0 Å². The van der Waals surface area contributed by atoms with E-state index in [2.05, 4.69) is 9.98 Å². The molecular formula is C20H24N2NiO5. The van der Waals surface area contributed by atoms with E-state index < -0.39 is 0 Å². The van der Waals surface area contributed by atoms with Crippen LogP contribution in [0.25, 0.3) is 0 Å². The maximum Gasteiger partial charge on any atom is 2.00 e. The Morgan fingerprint density at radius 1 is 0.786 bits per heavy atom. The molecule has 2 rings (SSSR count). The minimum atomic E-state index is -0.176. The van der Waals surface area contributed by atoms with Crippen LogP contribution in [0.15, 0.2) is 46.4 Å². The molecule has 0 atom stereocenters. The number of hydrogen-bond donors (Lipinski definition) is 0. The topological polar surface area (TPSA) is 121 Å². The van der Waals surface area contributed by atoms with Crippen LogP contribution in [0.3, 0.4) is 0 Å². The van der Waals surface area contributed by atoms with E-state index in [1.807, 2.05) is 13.8 Å². The average molecular weight is 431 g/mol. The van der Waals surface area contributed by atoms with Crippen molar-refractivity contribution < 1.29 is 41.7 Å². The molecule has 0 aromatic heterocycles. The van der Waals surface area contributed by atoms with Gasteiger partial charge in [-0.15, -0.1) is 0 Å². The van der Waals surface area contributed by atoms with E-state index >= 15 is 0 Å². The molecular weight excluding hydrogens is 407 g/mol. The largest absolute Gasteiger partial charge is 2.00 e. The van der Waals surface area contributed by atoms with Crippen molar-refractivity contribution in [2.45, 2.75) is 13.8 Å². The summed E-state index contributed by atoms with van der Waals surface area (Å²) in [5.41, 5.74) is 0.956. The van der Waals surface area contributed by atoms with Gasteiger partial charge in [0, 0.05) is 12.4 Å². The van der Waals surface area contributed by atoms with Crippen LogP contribution in [-0.4, -0.2) is 44.2 Å². The Morgan fingerprint density at radius 2 is 1.18 bits per heavy atom. The van der Waals surface area contributed by atoms with Gasteiger partial charge in [0.25, 0.3) is 0 Å². The maximum absolute atomic E-state index is 12.1. The first-order valence-electron chi connectivity index (χ1n) is 8.52. The standard InChI is InChI=1S/C20H24N2O4.Ni.H2O/c1-3-25-17-9-5-7-15(19(17)23)13-21-11-12-22-14-16-8-6-10-18(20(16)24)26-4-2;;/h5-10,13-14,23-24H,3-4,11-12H2,1-2H3;;1H2/q;+2;/p-2. The second kappa shape index (κ2) is 13.6. The van der Waals surface area contributed by atoms with Gasteiger partial charge in [-0.05, 0) is 37.1 Å². The zero-order valence-electron chi connectivity index (χ0n) is 15.8. The van der Waals surface area contributed by atoms with Gasteiger partial charge in [0.2, 0.25) is 0 Å². The minimum Gasteiger partial charge on any atom is -0.870 e. The molecule has 2 aromatic carbocycles. The molecule has 0 spiro atoms. The smallest absolute Gasteiger partial charge is 0.870 e. The number of hydrogen-bond acceptors (Lipinski definition) is 6. The minimum absolute atomic E-state index is 0. The molecule has 0 bridgehead atoms. The number of benzene rings is 2. The molecule has 8 heteroatoms. The van der Waals surface area contributed by atoms with Gasteiger partial charge in [0.15, 0.2) is 0 Å². The van der Waals surface area contributed by atoms with Crippen molar-refractivity contribution in [2.24, 2.45) is 9.98 Å². The van der Waals surface area contributed by atoms with Crippen molar-refractivity contribution >= 4 is 12.4 Å². The van der Waals surface area contributed by atoms with E-state index in [4.69, 9.17) is 9.47 Å². The summed E-state index contributed by atoms with van der Waals surface area (Å²) in [6.07, 6.45) is 3.05. The third-order valence-electron chi connectivity index (χ3n) is 3.44. The van der Waals surface area contributed by atoms with E-state index in [0.29, 0.717) is 48.9 Å². The molecule has 0 saturated carbocycles. The Morgan fingerprint density at radius 3 is 1.54 bits per heavy atom. The summed E-state index contributed by atoms with van der Waals surface area (Å²) in [5, 5.41) is 24.2. The van der Waals surface area contributed by atoms with Crippen LogP contribution in [0.5, 0.6) is 23.0 Å². The van der Waals surface area contributed by atoms with Crippen LogP contribution < -0.4 is 19.7 Å². The number of aliphatic imine (C=N–C) groups is 2. The fourth-order valence-electron chi connectivity index (χ4n) is 2.25. The first kappa shape index (κ1) is 25.4. The molecule has 0 saturated heterocycles. The Kier molecular flexibility index (Phi) is 12.3. The van der Waals surface area contributed by atoms with E-state index in [1.165, 1.54) is 12.4 Å². The van der Waals surface area contributed by atoms with Gasteiger partial charge in [0.05, 0.1) is 26.3 Å². The van der Waals surface area contributed by atoms with Crippen molar-refractivity contribution in [3.8, 4) is 23.0 Å². The van der Waals surface area contributed by atoms with Gasteiger partial charge in [-0.25, -0.2) is 0 Å². The summed E-state index contributed by atoms with van der Waals surface area (Å²) in [5.74, 6) is 0.300. The van der Waals surface area contributed by atoms with Gasteiger partial charge in [-0.2, -0.15) is 0 Å². The summed E-state index contributed by atoms with van der Waals surface area (Å²) in [4.78, 5) is 8.41. The molecule has 0 aliphatic heterocycles. The van der Waals surface area contributed by atoms with Crippen molar-refractivity contribution in [1.29, 1.82) is 0 Å². The Hall–Kier alpha value is -2.57. The summed E-state index contributed by atoms with van der Waals surface area (Å²) in [6.45, 7) is 5.36. The molecule has 2 N–H and O–H groups in total. The van der Waals surface area contributed by atoms with Crippen LogP contribution in [0, 0.1) is 0 Å². The third-order valence-corrected chi connectivity index (χ3v) is 3.44. The van der Waals surface area contributed by atoms with Gasteiger partial charge < -0.3 is 25.2 Å². The van der Waals surface area contributed by atoms with Gasteiger partial charge in [0.1, 0.15) is 11.5 Å². The zero-order valence-corrected chi connectivity index (χ0v) is 16.8. The molecule has 0 amide bonds. The SMILES string of the molecule is CCOc1cccc(C=NCCN=Cc2cccc(OCC)c2[O-])c1[O-].O.[Ni+2].